The van der Waals surface area contributed by atoms with Crippen LogP contribution >= 0.6 is 11.3 Å². The van der Waals surface area contributed by atoms with Crippen molar-refractivity contribution in [2.75, 3.05) is 9.80 Å². The number of anilines is 6. The first-order chi connectivity index (χ1) is 34.8. The summed E-state index contributed by atoms with van der Waals surface area (Å²) in [5, 5.41) is 14.4. The van der Waals surface area contributed by atoms with Crippen LogP contribution in [-0.2, 0) is 0 Å². The van der Waals surface area contributed by atoms with E-state index in [2.05, 4.69) is 226 Å². The molecule has 0 atom stereocenters. The highest BCUT2D eigenvalue weighted by molar-refractivity contribution is 7.25. The smallest absolute Gasteiger partial charge is 0.159 e. The highest BCUT2D eigenvalue weighted by atomic mass is 32.1. The van der Waals surface area contributed by atoms with E-state index in [4.69, 9.17) is 8.83 Å². The Kier molecular flexibility index (Phi) is 9.42. The lowest BCUT2D eigenvalue weighted by Crippen LogP contribution is -2.10. The molecule has 0 N–H and O–H groups in total. The van der Waals surface area contributed by atoms with Crippen LogP contribution in [0.2, 0.25) is 0 Å². The standard InChI is InChI=1S/C66H48N2O2S/c1-39(2)41-20-24-43(25-21-41)67(46-29-32-63-57(35-46)52-15-8-9-18-61(52)69-63)45-28-31-50-54(34-45)48-12-5-6-13-49(48)55-37-59-58-36-47(30-33-64(58)71-65(59)38-56(50)55)68(44-26-22-42(23-27-44)40(3)4)60-17-11-16-53-51-14-7-10-19-62(51)70-66(53)60/h5-40H,1-4H3. The van der Waals surface area contributed by atoms with Crippen molar-refractivity contribution in [3.05, 3.63) is 217 Å². The fourth-order valence-electron chi connectivity index (χ4n) is 11.1. The summed E-state index contributed by atoms with van der Waals surface area (Å²) in [6.07, 6.45) is 0. The van der Waals surface area contributed by atoms with Crippen LogP contribution in [0, 0.1) is 0 Å². The van der Waals surface area contributed by atoms with Gasteiger partial charge in [-0.25, -0.2) is 0 Å². The van der Waals surface area contributed by atoms with Crippen molar-refractivity contribution in [2.24, 2.45) is 0 Å². The van der Waals surface area contributed by atoms with Crippen LogP contribution < -0.4 is 9.80 Å². The average molecular weight is 933 g/mol. The SMILES string of the molecule is CC(C)c1ccc(N(c2ccc3oc4ccccc4c3c2)c2ccc3c(c2)c2ccccc2c2cc4c(cc32)sc2ccc(N(c3ccc(C(C)C)cc3)c3cccc5c3oc3ccccc35)cc24)cc1. The molecule has 71 heavy (non-hydrogen) atoms. The van der Waals surface area contributed by atoms with Crippen molar-refractivity contribution in [3.8, 4) is 0 Å². The second-order valence-electron chi connectivity index (χ2n) is 19.6. The maximum atomic E-state index is 6.69. The van der Waals surface area contributed by atoms with E-state index in [1.54, 1.807) is 0 Å². The minimum Gasteiger partial charge on any atom is -0.456 e. The van der Waals surface area contributed by atoms with Crippen LogP contribution in [0.25, 0.3) is 96.4 Å². The molecule has 0 amide bonds. The summed E-state index contributed by atoms with van der Waals surface area (Å²) >= 11 is 1.87. The lowest BCUT2D eigenvalue weighted by molar-refractivity contribution is 0.668. The van der Waals surface area contributed by atoms with Crippen molar-refractivity contribution < 1.29 is 8.83 Å². The summed E-state index contributed by atoms with van der Waals surface area (Å²) in [6, 6.07) is 75.7. The Balaban J connectivity index is 0.949. The molecule has 0 unspecified atom stereocenters. The topological polar surface area (TPSA) is 32.8 Å². The molecule has 14 rings (SSSR count). The van der Waals surface area contributed by atoms with Crippen LogP contribution in [0.5, 0.6) is 0 Å². The number of thiophene rings is 1. The number of hydrogen-bond donors (Lipinski definition) is 0. The highest BCUT2D eigenvalue weighted by Gasteiger charge is 2.23. The van der Waals surface area contributed by atoms with Gasteiger partial charge < -0.3 is 18.6 Å². The third kappa shape index (κ3) is 6.64. The van der Waals surface area contributed by atoms with Crippen LogP contribution in [0.4, 0.5) is 34.1 Å². The van der Waals surface area contributed by atoms with Gasteiger partial charge >= 0.3 is 0 Å². The maximum Gasteiger partial charge on any atom is 0.159 e. The van der Waals surface area contributed by atoms with E-state index >= 15 is 0 Å². The molecule has 0 saturated carbocycles. The number of furan rings is 2. The summed E-state index contributed by atoms with van der Waals surface area (Å²) in [7, 11) is 0. The first kappa shape index (κ1) is 41.6. The average Bonchev–Trinajstić information content (AvgIpc) is 4.10. The van der Waals surface area contributed by atoms with E-state index < -0.39 is 0 Å². The van der Waals surface area contributed by atoms with Crippen molar-refractivity contribution in [1.82, 2.24) is 0 Å². The zero-order chi connectivity index (χ0) is 47.5. The van der Waals surface area contributed by atoms with Gasteiger partial charge in [-0.2, -0.15) is 0 Å². The molecule has 0 aliphatic rings. The molecule has 11 aromatic carbocycles. The zero-order valence-corrected chi connectivity index (χ0v) is 40.7. The second kappa shape index (κ2) is 16.1. The molecule has 14 aromatic rings. The third-order valence-corrected chi connectivity index (χ3v) is 15.9. The van der Waals surface area contributed by atoms with Crippen LogP contribution in [0.3, 0.4) is 0 Å². The van der Waals surface area contributed by atoms with Gasteiger partial charge in [0.15, 0.2) is 5.58 Å². The number of nitrogens with zero attached hydrogens (tertiary/aromatic N) is 2. The Morgan fingerprint density at radius 2 is 0.775 bits per heavy atom. The third-order valence-electron chi connectivity index (χ3n) is 14.8. The Labute approximate surface area is 415 Å². The van der Waals surface area contributed by atoms with Gasteiger partial charge in [-0.05, 0) is 158 Å². The number of benzene rings is 11. The summed E-state index contributed by atoms with van der Waals surface area (Å²) in [4.78, 5) is 4.77. The van der Waals surface area contributed by atoms with Crippen molar-refractivity contribution in [3.63, 3.8) is 0 Å². The predicted molar refractivity (Wildman–Crippen MR) is 304 cm³/mol. The molecule has 0 aliphatic carbocycles. The summed E-state index contributed by atoms with van der Waals surface area (Å²) in [6.45, 7) is 9.00. The van der Waals surface area contributed by atoms with Gasteiger partial charge in [0.05, 0.1) is 5.69 Å². The van der Waals surface area contributed by atoms with E-state index in [1.807, 2.05) is 29.5 Å². The molecule has 0 radical (unpaired) electrons. The van der Waals surface area contributed by atoms with Crippen LogP contribution in [-0.4, -0.2) is 0 Å². The van der Waals surface area contributed by atoms with Crippen molar-refractivity contribution in [1.29, 1.82) is 0 Å². The number of para-hydroxylation sites is 3. The molecular weight excluding hydrogens is 885 g/mol. The molecule has 0 saturated heterocycles. The molecule has 4 nitrogen and oxygen atoms in total. The van der Waals surface area contributed by atoms with Gasteiger partial charge in [-0.1, -0.05) is 131 Å². The normalized spacial score (nSPS) is 12.2. The number of rotatable bonds is 8. The van der Waals surface area contributed by atoms with Crippen LogP contribution in [0.15, 0.2) is 215 Å². The molecule has 3 heterocycles. The Bertz CT molecular complexity index is 4420. The number of fused-ring (bicyclic) bond motifs is 15. The predicted octanol–water partition coefficient (Wildman–Crippen LogP) is 20.5. The first-order valence-electron chi connectivity index (χ1n) is 24.7. The lowest BCUT2D eigenvalue weighted by Gasteiger charge is -2.27. The minimum absolute atomic E-state index is 0.433. The van der Waals surface area contributed by atoms with Crippen molar-refractivity contribution in [2.45, 2.75) is 39.5 Å². The molecule has 340 valence electrons. The quantitative estimate of drug-likeness (QED) is 0.142. The zero-order valence-electron chi connectivity index (χ0n) is 39.9. The summed E-state index contributed by atoms with van der Waals surface area (Å²) in [5.41, 5.74) is 12.7. The Morgan fingerprint density at radius 1 is 0.310 bits per heavy atom. The van der Waals surface area contributed by atoms with Crippen LogP contribution in [0.1, 0.15) is 50.7 Å². The largest absolute Gasteiger partial charge is 0.456 e. The molecule has 3 aromatic heterocycles. The van der Waals surface area contributed by atoms with Gasteiger partial charge in [-0.3, -0.25) is 0 Å². The highest BCUT2D eigenvalue weighted by Crippen LogP contribution is 2.48. The second-order valence-corrected chi connectivity index (χ2v) is 20.7. The maximum absolute atomic E-state index is 6.69. The van der Waals surface area contributed by atoms with E-state index in [-0.39, 0.29) is 0 Å². The van der Waals surface area contributed by atoms with E-state index in [0.717, 1.165) is 78.0 Å². The van der Waals surface area contributed by atoms with E-state index in [1.165, 1.54) is 63.6 Å². The molecule has 0 fully saturated rings. The fourth-order valence-corrected chi connectivity index (χ4v) is 12.2. The van der Waals surface area contributed by atoms with Gasteiger partial charge in [-0.15, -0.1) is 11.3 Å². The van der Waals surface area contributed by atoms with Gasteiger partial charge in [0.25, 0.3) is 0 Å². The summed E-state index contributed by atoms with van der Waals surface area (Å²) < 4.78 is 15.5. The van der Waals surface area contributed by atoms with Gasteiger partial charge in [0.1, 0.15) is 16.7 Å². The van der Waals surface area contributed by atoms with Gasteiger partial charge in [0, 0.05) is 70.2 Å². The minimum atomic E-state index is 0.433. The first-order valence-corrected chi connectivity index (χ1v) is 25.5. The Hall–Kier alpha value is -8.38. The molecule has 0 spiro atoms. The fraction of sp³-hybridized carbons (Fsp3) is 0.0909. The van der Waals surface area contributed by atoms with Gasteiger partial charge in [0.2, 0.25) is 0 Å². The monoisotopic (exact) mass is 932 g/mol. The molecule has 0 aliphatic heterocycles. The molecular formula is C66H48N2O2S. The van der Waals surface area contributed by atoms with Crippen molar-refractivity contribution >= 4 is 142 Å². The lowest BCUT2D eigenvalue weighted by atomic mass is 9.92. The number of hydrogen-bond acceptors (Lipinski definition) is 5. The van der Waals surface area contributed by atoms with E-state index in [0.29, 0.717) is 11.8 Å². The summed E-state index contributed by atoms with van der Waals surface area (Å²) in [5.74, 6) is 0.870. The molecule has 0 bridgehead atoms. The van der Waals surface area contributed by atoms with E-state index in [9.17, 15) is 0 Å². The Morgan fingerprint density at radius 3 is 1.46 bits per heavy atom. The molecule has 5 heteroatoms.